The van der Waals surface area contributed by atoms with Gasteiger partial charge >= 0.3 is 0 Å². The van der Waals surface area contributed by atoms with E-state index in [-0.39, 0.29) is 11.9 Å². The van der Waals surface area contributed by atoms with Crippen LogP contribution in [0.25, 0.3) is 0 Å². The van der Waals surface area contributed by atoms with Gasteiger partial charge < -0.3 is 4.74 Å². The Morgan fingerprint density at radius 2 is 2.00 bits per heavy atom. The molecule has 2 heterocycles. The molecule has 90 valence electrons. The van der Waals surface area contributed by atoms with E-state index in [9.17, 15) is 4.79 Å². The smallest absolute Gasteiger partial charge is 0.170 e. The zero-order chi connectivity index (χ0) is 12.4. The van der Waals surface area contributed by atoms with Crippen molar-refractivity contribution in [2.75, 3.05) is 0 Å². The van der Waals surface area contributed by atoms with E-state index in [2.05, 4.69) is 4.98 Å². The van der Waals surface area contributed by atoms with Crippen molar-refractivity contribution in [2.45, 2.75) is 18.9 Å². The standard InChI is InChI=1S/C15H13NO2/c17-14-10-12(9-11-5-3-4-8-16-11)18-15-7-2-1-6-13(14)15/h1-8,12H,9-10H2. The predicted molar refractivity (Wildman–Crippen MR) is 67.7 cm³/mol. The maximum absolute atomic E-state index is 12.0. The second-order valence-electron chi connectivity index (χ2n) is 4.39. The number of hydrogen-bond donors (Lipinski definition) is 0. The van der Waals surface area contributed by atoms with Gasteiger partial charge in [0.15, 0.2) is 5.78 Å². The van der Waals surface area contributed by atoms with Gasteiger partial charge in [0.25, 0.3) is 0 Å². The van der Waals surface area contributed by atoms with Gasteiger partial charge in [-0.3, -0.25) is 9.78 Å². The maximum atomic E-state index is 12.0. The number of benzene rings is 1. The van der Waals surface area contributed by atoms with Crippen LogP contribution in [-0.4, -0.2) is 16.9 Å². The lowest BCUT2D eigenvalue weighted by atomic mass is 9.98. The Kier molecular flexibility index (Phi) is 2.81. The molecular weight excluding hydrogens is 226 g/mol. The Hall–Kier alpha value is -2.16. The predicted octanol–water partition coefficient (Wildman–Crippen LogP) is 2.66. The van der Waals surface area contributed by atoms with Crippen LogP contribution < -0.4 is 4.74 Å². The molecule has 1 aromatic carbocycles. The van der Waals surface area contributed by atoms with Crippen LogP contribution >= 0.6 is 0 Å². The summed E-state index contributed by atoms with van der Waals surface area (Å²) in [6, 6.07) is 13.2. The highest BCUT2D eigenvalue weighted by atomic mass is 16.5. The third-order valence-electron chi connectivity index (χ3n) is 3.06. The molecule has 0 saturated carbocycles. The first-order chi connectivity index (χ1) is 8.83. The summed E-state index contributed by atoms with van der Waals surface area (Å²) in [5.41, 5.74) is 1.64. The van der Waals surface area contributed by atoms with Crippen molar-refractivity contribution in [1.82, 2.24) is 4.98 Å². The molecule has 0 saturated heterocycles. The summed E-state index contributed by atoms with van der Waals surface area (Å²) in [6.07, 6.45) is 2.74. The van der Waals surface area contributed by atoms with Gasteiger partial charge in [-0.2, -0.15) is 0 Å². The average molecular weight is 239 g/mol. The summed E-state index contributed by atoms with van der Waals surface area (Å²) < 4.78 is 5.85. The quantitative estimate of drug-likeness (QED) is 0.808. The van der Waals surface area contributed by atoms with Gasteiger partial charge in [0.05, 0.1) is 5.56 Å². The lowest BCUT2D eigenvalue weighted by molar-refractivity contribution is 0.0850. The Bertz CT molecular complexity index is 566. The van der Waals surface area contributed by atoms with E-state index in [1.165, 1.54) is 0 Å². The number of carbonyl (C=O) groups is 1. The van der Waals surface area contributed by atoms with Crippen LogP contribution in [0.3, 0.4) is 0 Å². The summed E-state index contributed by atoms with van der Waals surface area (Å²) in [4.78, 5) is 16.2. The molecule has 0 radical (unpaired) electrons. The topological polar surface area (TPSA) is 39.2 Å². The lowest BCUT2D eigenvalue weighted by Gasteiger charge is -2.24. The van der Waals surface area contributed by atoms with E-state index < -0.39 is 0 Å². The third-order valence-corrected chi connectivity index (χ3v) is 3.06. The van der Waals surface area contributed by atoms with Crippen LogP contribution in [0.1, 0.15) is 22.5 Å². The van der Waals surface area contributed by atoms with Gasteiger partial charge in [-0.25, -0.2) is 0 Å². The summed E-state index contributed by atoms with van der Waals surface area (Å²) in [5, 5.41) is 0. The summed E-state index contributed by atoms with van der Waals surface area (Å²) in [5.74, 6) is 0.840. The molecule has 1 aliphatic heterocycles. The molecule has 0 aliphatic carbocycles. The number of nitrogens with zero attached hydrogens (tertiary/aromatic N) is 1. The molecule has 3 nitrogen and oxygen atoms in total. The van der Waals surface area contributed by atoms with E-state index in [1.807, 2.05) is 42.5 Å². The zero-order valence-electron chi connectivity index (χ0n) is 9.87. The fourth-order valence-corrected chi connectivity index (χ4v) is 2.20. The number of rotatable bonds is 2. The zero-order valence-corrected chi connectivity index (χ0v) is 9.87. The first-order valence-corrected chi connectivity index (χ1v) is 6.02. The fraction of sp³-hybridized carbons (Fsp3) is 0.200. The molecule has 0 spiro atoms. The first-order valence-electron chi connectivity index (χ1n) is 6.02. The number of para-hydroxylation sites is 1. The molecular formula is C15H13NO2. The van der Waals surface area contributed by atoms with Crippen molar-refractivity contribution in [2.24, 2.45) is 0 Å². The van der Waals surface area contributed by atoms with Crippen molar-refractivity contribution < 1.29 is 9.53 Å². The van der Waals surface area contributed by atoms with E-state index in [1.54, 1.807) is 6.20 Å². The molecule has 1 unspecified atom stereocenters. The van der Waals surface area contributed by atoms with Crippen LogP contribution in [0.2, 0.25) is 0 Å². The molecule has 3 rings (SSSR count). The van der Waals surface area contributed by atoms with Gasteiger partial charge in [-0.1, -0.05) is 18.2 Å². The molecule has 1 aromatic heterocycles. The van der Waals surface area contributed by atoms with E-state index >= 15 is 0 Å². The highest BCUT2D eigenvalue weighted by Gasteiger charge is 2.26. The minimum atomic E-state index is -0.109. The summed E-state index contributed by atoms with van der Waals surface area (Å²) >= 11 is 0. The first kappa shape index (κ1) is 11.0. The molecule has 1 aliphatic rings. The number of fused-ring (bicyclic) bond motifs is 1. The van der Waals surface area contributed by atoms with E-state index in [0.29, 0.717) is 24.2 Å². The second-order valence-corrected chi connectivity index (χ2v) is 4.39. The molecule has 1 atom stereocenters. The fourth-order valence-electron chi connectivity index (χ4n) is 2.20. The summed E-state index contributed by atoms with van der Waals surface area (Å²) in [6.45, 7) is 0. The summed E-state index contributed by atoms with van der Waals surface area (Å²) in [7, 11) is 0. The van der Waals surface area contributed by atoms with Gasteiger partial charge in [0.1, 0.15) is 11.9 Å². The Labute approximate surface area is 105 Å². The second kappa shape index (κ2) is 4.61. The average Bonchev–Trinajstić information content (AvgIpc) is 2.40. The molecule has 18 heavy (non-hydrogen) atoms. The molecule has 3 heteroatoms. The van der Waals surface area contributed by atoms with Crippen LogP contribution in [-0.2, 0) is 6.42 Å². The van der Waals surface area contributed by atoms with E-state index in [0.717, 1.165) is 5.69 Å². The molecule has 0 bridgehead atoms. The van der Waals surface area contributed by atoms with Gasteiger partial charge in [0, 0.05) is 24.7 Å². The van der Waals surface area contributed by atoms with Crippen molar-refractivity contribution in [3.05, 3.63) is 59.9 Å². The van der Waals surface area contributed by atoms with Crippen molar-refractivity contribution in [1.29, 1.82) is 0 Å². The Balaban J connectivity index is 1.80. The highest BCUT2D eigenvalue weighted by Crippen LogP contribution is 2.28. The van der Waals surface area contributed by atoms with Crippen molar-refractivity contribution in [3.63, 3.8) is 0 Å². The van der Waals surface area contributed by atoms with Crippen LogP contribution in [0.15, 0.2) is 48.7 Å². The van der Waals surface area contributed by atoms with E-state index in [4.69, 9.17) is 4.74 Å². The monoisotopic (exact) mass is 239 g/mol. The Morgan fingerprint density at radius 1 is 1.17 bits per heavy atom. The minimum absolute atomic E-state index is 0.109. The number of carbonyl (C=O) groups excluding carboxylic acids is 1. The van der Waals surface area contributed by atoms with Crippen LogP contribution in [0, 0.1) is 0 Å². The van der Waals surface area contributed by atoms with Crippen molar-refractivity contribution >= 4 is 5.78 Å². The minimum Gasteiger partial charge on any atom is -0.489 e. The Morgan fingerprint density at radius 3 is 2.83 bits per heavy atom. The molecule has 2 aromatic rings. The largest absolute Gasteiger partial charge is 0.489 e. The molecule has 0 N–H and O–H groups in total. The third kappa shape index (κ3) is 2.12. The van der Waals surface area contributed by atoms with Gasteiger partial charge in [-0.05, 0) is 24.3 Å². The lowest BCUT2D eigenvalue weighted by Crippen LogP contribution is -2.29. The van der Waals surface area contributed by atoms with Gasteiger partial charge in [-0.15, -0.1) is 0 Å². The number of aromatic nitrogens is 1. The molecule has 0 fully saturated rings. The number of ether oxygens (including phenoxy) is 1. The number of ketones is 1. The van der Waals surface area contributed by atoms with Crippen molar-refractivity contribution in [3.8, 4) is 5.75 Å². The van der Waals surface area contributed by atoms with Gasteiger partial charge in [0.2, 0.25) is 0 Å². The normalized spacial score (nSPS) is 18.0. The SMILES string of the molecule is O=C1CC(Cc2ccccn2)Oc2ccccc21. The van der Waals surface area contributed by atoms with Crippen LogP contribution in [0.4, 0.5) is 0 Å². The highest BCUT2D eigenvalue weighted by molar-refractivity contribution is 5.99. The number of hydrogen-bond acceptors (Lipinski definition) is 3. The number of pyridine rings is 1. The number of Topliss-reactive ketones (excluding diaryl/α,β-unsaturated/α-hetero) is 1. The molecule has 0 amide bonds. The maximum Gasteiger partial charge on any atom is 0.170 e. The van der Waals surface area contributed by atoms with Crippen LogP contribution in [0.5, 0.6) is 5.75 Å².